The van der Waals surface area contributed by atoms with Crippen LogP contribution in [0.25, 0.3) is 0 Å². The molecular weight excluding hydrogens is 310 g/mol. The molecule has 0 spiro atoms. The molecule has 2 aliphatic rings. The molecular formula is C17H23N3O2S. The van der Waals surface area contributed by atoms with Crippen LogP contribution in [0.3, 0.4) is 0 Å². The minimum absolute atomic E-state index is 0.0249. The predicted molar refractivity (Wildman–Crippen MR) is 95.6 cm³/mol. The number of aliphatic imine (C=N–C) groups is 1. The summed E-state index contributed by atoms with van der Waals surface area (Å²) in [4.78, 5) is 30.6. The number of amides is 2. The molecule has 0 saturated heterocycles. The first-order valence-electron chi connectivity index (χ1n) is 7.92. The smallest absolute Gasteiger partial charge is 0.283 e. The number of likely N-dealkylation sites (N-methyl/N-ethyl adjacent to an activating group) is 1. The molecule has 0 aromatic rings. The SMILES string of the molecule is CCCCN(C)CCNC(=O)/C=C1\SC2C=CC=CC2=NC1=O. The van der Waals surface area contributed by atoms with Crippen molar-refractivity contribution in [2.24, 2.45) is 4.99 Å². The number of fused-ring (bicyclic) bond motifs is 1. The van der Waals surface area contributed by atoms with Crippen LogP contribution in [0.15, 0.2) is 40.3 Å². The molecule has 1 aliphatic heterocycles. The van der Waals surface area contributed by atoms with E-state index in [1.54, 1.807) is 0 Å². The van der Waals surface area contributed by atoms with E-state index in [1.165, 1.54) is 17.8 Å². The number of hydrogen-bond donors (Lipinski definition) is 1. The molecule has 0 bridgehead atoms. The highest BCUT2D eigenvalue weighted by Gasteiger charge is 2.26. The lowest BCUT2D eigenvalue weighted by molar-refractivity contribution is -0.117. The zero-order valence-corrected chi connectivity index (χ0v) is 14.4. The van der Waals surface area contributed by atoms with E-state index >= 15 is 0 Å². The van der Waals surface area contributed by atoms with Gasteiger partial charge in [-0.3, -0.25) is 9.59 Å². The largest absolute Gasteiger partial charge is 0.351 e. The number of allylic oxidation sites excluding steroid dienone is 3. The Hall–Kier alpha value is -1.66. The average molecular weight is 333 g/mol. The molecule has 0 aromatic heterocycles. The maximum absolute atomic E-state index is 12.0. The van der Waals surface area contributed by atoms with Crippen LogP contribution in [0.5, 0.6) is 0 Å². The Morgan fingerprint density at radius 1 is 1.43 bits per heavy atom. The Morgan fingerprint density at radius 3 is 3.04 bits per heavy atom. The van der Waals surface area contributed by atoms with E-state index in [2.05, 4.69) is 22.1 Å². The van der Waals surface area contributed by atoms with Crippen LogP contribution in [0, 0.1) is 0 Å². The number of nitrogens with one attached hydrogen (secondary N) is 1. The topological polar surface area (TPSA) is 61.8 Å². The minimum atomic E-state index is -0.337. The van der Waals surface area contributed by atoms with E-state index in [0.29, 0.717) is 11.4 Å². The zero-order chi connectivity index (χ0) is 16.7. The van der Waals surface area contributed by atoms with E-state index < -0.39 is 0 Å². The van der Waals surface area contributed by atoms with Crippen molar-refractivity contribution in [2.45, 2.75) is 25.0 Å². The van der Waals surface area contributed by atoms with Gasteiger partial charge < -0.3 is 10.2 Å². The summed E-state index contributed by atoms with van der Waals surface area (Å²) in [7, 11) is 2.04. The van der Waals surface area contributed by atoms with Crippen LogP contribution in [0.2, 0.25) is 0 Å². The molecule has 1 aliphatic carbocycles. The molecule has 6 heteroatoms. The van der Waals surface area contributed by atoms with Gasteiger partial charge in [0.15, 0.2) is 0 Å². The van der Waals surface area contributed by atoms with Gasteiger partial charge in [0.25, 0.3) is 5.91 Å². The summed E-state index contributed by atoms with van der Waals surface area (Å²) in [5, 5.41) is 2.85. The van der Waals surface area contributed by atoms with Gasteiger partial charge in [0.2, 0.25) is 5.91 Å². The van der Waals surface area contributed by atoms with Gasteiger partial charge in [-0.15, -0.1) is 11.8 Å². The third-order valence-electron chi connectivity index (χ3n) is 3.60. The number of thioether (sulfide) groups is 1. The second kappa shape index (κ2) is 8.84. The van der Waals surface area contributed by atoms with E-state index in [4.69, 9.17) is 0 Å². The van der Waals surface area contributed by atoms with Crippen LogP contribution in [-0.4, -0.2) is 54.4 Å². The fourth-order valence-corrected chi connectivity index (χ4v) is 3.26. The quantitative estimate of drug-likeness (QED) is 0.723. The van der Waals surface area contributed by atoms with Crippen molar-refractivity contribution in [3.8, 4) is 0 Å². The second-order valence-electron chi connectivity index (χ2n) is 5.58. The summed E-state index contributed by atoms with van der Waals surface area (Å²) >= 11 is 1.37. The van der Waals surface area contributed by atoms with Gasteiger partial charge in [-0.25, -0.2) is 4.99 Å². The van der Waals surface area contributed by atoms with Crippen molar-refractivity contribution in [1.82, 2.24) is 10.2 Å². The second-order valence-corrected chi connectivity index (χ2v) is 6.76. The molecule has 0 fully saturated rings. The van der Waals surface area contributed by atoms with Crippen LogP contribution in [-0.2, 0) is 9.59 Å². The van der Waals surface area contributed by atoms with E-state index in [9.17, 15) is 9.59 Å². The van der Waals surface area contributed by atoms with E-state index in [0.717, 1.165) is 31.6 Å². The maximum atomic E-state index is 12.0. The lowest BCUT2D eigenvalue weighted by atomic mass is 10.1. The Labute approximate surface area is 141 Å². The molecule has 0 radical (unpaired) electrons. The maximum Gasteiger partial charge on any atom is 0.283 e. The molecule has 2 amide bonds. The van der Waals surface area contributed by atoms with E-state index in [1.807, 2.05) is 31.4 Å². The Morgan fingerprint density at radius 2 is 2.26 bits per heavy atom. The zero-order valence-electron chi connectivity index (χ0n) is 13.6. The van der Waals surface area contributed by atoms with Crippen molar-refractivity contribution >= 4 is 29.3 Å². The van der Waals surface area contributed by atoms with Crippen LogP contribution in [0.1, 0.15) is 19.8 Å². The predicted octanol–water partition coefficient (Wildman–Crippen LogP) is 1.93. The van der Waals surface area contributed by atoms with Crippen LogP contribution in [0.4, 0.5) is 0 Å². The van der Waals surface area contributed by atoms with Crippen molar-refractivity contribution < 1.29 is 9.59 Å². The van der Waals surface area contributed by atoms with Crippen molar-refractivity contribution in [3.05, 3.63) is 35.3 Å². The van der Waals surface area contributed by atoms with Gasteiger partial charge in [0.05, 0.1) is 15.9 Å². The van der Waals surface area contributed by atoms with Crippen LogP contribution < -0.4 is 5.32 Å². The van der Waals surface area contributed by atoms with Crippen molar-refractivity contribution in [3.63, 3.8) is 0 Å². The number of hydrogen-bond acceptors (Lipinski definition) is 4. The Balaban J connectivity index is 1.83. The fourth-order valence-electron chi connectivity index (χ4n) is 2.25. The minimum Gasteiger partial charge on any atom is -0.351 e. The summed E-state index contributed by atoms with van der Waals surface area (Å²) in [6.07, 6.45) is 11.3. The Kier molecular flexibility index (Phi) is 6.80. The van der Waals surface area contributed by atoms with Gasteiger partial charge in [0.1, 0.15) is 0 Å². The number of unbranched alkanes of at least 4 members (excludes halogenated alkanes) is 1. The van der Waals surface area contributed by atoms with Gasteiger partial charge in [-0.05, 0) is 26.1 Å². The van der Waals surface area contributed by atoms with Crippen molar-refractivity contribution in [2.75, 3.05) is 26.7 Å². The molecule has 124 valence electrons. The highest BCUT2D eigenvalue weighted by molar-refractivity contribution is 8.05. The monoisotopic (exact) mass is 333 g/mol. The molecule has 23 heavy (non-hydrogen) atoms. The summed E-state index contributed by atoms with van der Waals surface area (Å²) in [6.45, 7) is 4.56. The molecule has 1 heterocycles. The van der Waals surface area contributed by atoms with E-state index in [-0.39, 0.29) is 17.1 Å². The summed E-state index contributed by atoms with van der Waals surface area (Å²) in [5.74, 6) is -0.574. The lowest BCUT2D eigenvalue weighted by Gasteiger charge is -2.20. The van der Waals surface area contributed by atoms with Gasteiger partial charge >= 0.3 is 0 Å². The molecule has 0 saturated carbocycles. The number of nitrogens with zero attached hydrogens (tertiary/aromatic N) is 2. The number of carbonyl (C=O) groups is 2. The first-order chi connectivity index (χ1) is 11.1. The Bertz CT molecular complexity index is 578. The summed E-state index contributed by atoms with van der Waals surface area (Å²) in [6, 6.07) is 0. The highest BCUT2D eigenvalue weighted by Crippen LogP contribution is 2.31. The number of carbonyl (C=O) groups excluding carboxylic acids is 2. The molecule has 5 nitrogen and oxygen atoms in total. The molecule has 2 rings (SSSR count). The van der Waals surface area contributed by atoms with Crippen LogP contribution >= 0.6 is 11.8 Å². The first-order valence-corrected chi connectivity index (χ1v) is 8.80. The standard InChI is InChI=1S/C17H23N3O2S/c1-3-4-10-20(2)11-9-18-16(21)12-15-17(22)19-13-7-5-6-8-14(13)23-15/h5-8,12,14H,3-4,9-11H2,1-2H3,(H,18,21)/b15-12-. The molecule has 1 N–H and O–H groups in total. The van der Waals surface area contributed by atoms with Gasteiger partial charge in [0, 0.05) is 19.2 Å². The summed E-state index contributed by atoms with van der Waals surface area (Å²) in [5.41, 5.74) is 0.748. The highest BCUT2D eigenvalue weighted by atomic mass is 32.2. The normalized spacial score (nSPS) is 21.5. The molecule has 1 atom stereocenters. The average Bonchev–Trinajstić information content (AvgIpc) is 2.53. The van der Waals surface area contributed by atoms with Gasteiger partial charge in [-0.2, -0.15) is 0 Å². The lowest BCUT2D eigenvalue weighted by Crippen LogP contribution is -2.33. The number of rotatable bonds is 7. The first kappa shape index (κ1) is 17.7. The summed E-state index contributed by atoms with van der Waals surface area (Å²) < 4.78 is 0. The van der Waals surface area contributed by atoms with Crippen molar-refractivity contribution in [1.29, 1.82) is 0 Å². The van der Waals surface area contributed by atoms with Gasteiger partial charge in [-0.1, -0.05) is 31.6 Å². The third-order valence-corrected chi connectivity index (χ3v) is 4.80. The third kappa shape index (κ3) is 5.48. The molecule has 0 aromatic carbocycles. The molecule has 1 unspecified atom stereocenters. The fraction of sp³-hybridized carbons (Fsp3) is 0.471.